The molecule has 0 N–H and O–H groups in total. The molecule has 0 saturated heterocycles. The second-order valence-electron chi connectivity index (χ2n) is 11.6. The molecule has 3 heteroatoms. The monoisotopic (exact) mass is 376 g/mol. The van der Waals surface area contributed by atoms with Crippen LogP contribution >= 0.6 is 0 Å². The van der Waals surface area contributed by atoms with E-state index in [9.17, 15) is 4.79 Å². The lowest BCUT2D eigenvalue weighted by atomic mass is 9.46. The maximum absolute atomic E-state index is 13.4. The lowest BCUT2D eigenvalue weighted by molar-refractivity contribution is -0.139. The third-order valence-electron chi connectivity index (χ3n) is 8.58. The molecule has 2 saturated carbocycles. The zero-order valence-corrected chi connectivity index (χ0v) is 19.4. The molecule has 4 atom stereocenters. The highest BCUT2D eigenvalue weighted by Gasteiger charge is 2.58. The number of rotatable bonds is 2. The summed E-state index contributed by atoms with van der Waals surface area (Å²) in [7, 11) is -2.02. The first-order valence-corrected chi connectivity index (χ1v) is 13.7. The van der Waals surface area contributed by atoms with Crippen molar-refractivity contribution in [2.75, 3.05) is 0 Å². The van der Waals surface area contributed by atoms with Crippen molar-refractivity contribution in [2.45, 2.75) is 98.2 Å². The summed E-state index contributed by atoms with van der Waals surface area (Å²) in [6, 6.07) is 0. The van der Waals surface area contributed by atoms with Crippen LogP contribution in [0.4, 0.5) is 0 Å². The van der Waals surface area contributed by atoms with E-state index in [1.807, 2.05) is 0 Å². The zero-order valence-electron chi connectivity index (χ0n) is 18.4. The Balaban J connectivity index is 2.04. The zero-order chi connectivity index (χ0) is 19.5. The van der Waals surface area contributed by atoms with E-state index < -0.39 is 8.32 Å². The summed E-state index contributed by atoms with van der Waals surface area (Å²) in [5, 5.41) is 0.107. The molecule has 0 amide bonds. The topological polar surface area (TPSA) is 26.3 Å². The number of ketones is 1. The Morgan fingerprint density at radius 2 is 1.65 bits per heavy atom. The van der Waals surface area contributed by atoms with Gasteiger partial charge in [-0.1, -0.05) is 60.8 Å². The van der Waals surface area contributed by atoms with Gasteiger partial charge >= 0.3 is 0 Å². The fraction of sp³-hybridized carbons (Fsp3) is 0.870. The van der Waals surface area contributed by atoms with E-state index in [1.54, 1.807) is 0 Å². The molecule has 0 spiro atoms. The Bertz CT molecular complexity index is 610. The summed E-state index contributed by atoms with van der Waals surface area (Å²) >= 11 is 0. The minimum absolute atomic E-state index is 0.107. The number of allylic oxidation sites excluding steroid dienone is 2. The van der Waals surface area contributed by atoms with Crippen LogP contribution in [-0.4, -0.2) is 14.1 Å². The van der Waals surface area contributed by atoms with E-state index in [4.69, 9.17) is 4.43 Å². The summed E-state index contributed by atoms with van der Waals surface area (Å²) in [6.07, 6.45) is 10.3. The first kappa shape index (κ1) is 20.2. The fourth-order valence-electron chi connectivity index (χ4n) is 6.00. The molecule has 0 unspecified atom stereocenters. The number of carbonyl (C=O) groups is 1. The average Bonchev–Trinajstić information content (AvgIpc) is 2.51. The number of Topliss-reactive ketones (excluding diaryl/α,β-unsaturated/α-hetero) is 1. The maximum atomic E-state index is 13.4. The van der Waals surface area contributed by atoms with E-state index in [1.165, 1.54) is 38.5 Å². The molecule has 3 aliphatic rings. The molecular weight excluding hydrogens is 336 g/mol. The van der Waals surface area contributed by atoms with Crippen LogP contribution in [0.1, 0.15) is 80.1 Å². The maximum Gasteiger partial charge on any atom is 0.250 e. The molecule has 0 heterocycles. The molecule has 3 aliphatic carbocycles. The molecule has 0 aromatic rings. The summed E-state index contributed by atoms with van der Waals surface area (Å²) in [5.74, 6) is 2.97. The van der Waals surface area contributed by atoms with Crippen LogP contribution in [0, 0.1) is 28.6 Å². The van der Waals surface area contributed by atoms with Crippen LogP contribution in [0.2, 0.25) is 18.1 Å². The van der Waals surface area contributed by atoms with Gasteiger partial charge in [-0.25, -0.2) is 0 Å². The van der Waals surface area contributed by atoms with Gasteiger partial charge in [0.1, 0.15) is 5.76 Å². The Labute approximate surface area is 162 Å². The predicted molar refractivity (Wildman–Crippen MR) is 111 cm³/mol. The summed E-state index contributed by atoms with van der Waals surface area (Å²) in [6.45, 7) is 18.1. The molecule has 0 aromatic heterocycles. The molecule has 26 heavy (non-hydrogen) atoms. The molecule has 2 fully saturated rings. The molecule has 0 aliphatic heterocycles. The third-order valence-corrected chi connectivity index (χ3v) is 12.9. The standard InChI is InChI=1S/C23H40O2Si/c1-21(2,3)26(7,8)25-18-15-23(6)17-12-10-9-11-16(17)13-14-19(23)22(4,5)20(18)24/h15-17,19H,9-14H2,1-8H3/t16-,17+,19+,23-/m1/s1. The number of hydrogen-bond acceptors (Lipinski definition) is 2. The van der Waals surface area contributed by atoms with Crippen molar-refractivity contribution in [3.63, 3.8) is 0 Å². The Morgan fingerprint density at radius 1 is 1.04 bits per heavy atom. The lowest BCUT2D eigenvalue weighted by Gasteiger charge is -2.58. The summed E-state index contributed by atoms with van der Waals surface area (Å²) in [4.78, 5) is 13.4. The fourth-order valence-corrected chi connectivity index (χ4v) is 7.00. The van der Waals surface area contributed by atoms with Gasteiger partial charge in [0.15, 0.2) is 0 Å². The van der Waals surface area contributed by atoms with Crippen molar-refractivity contribution < 1.29 is 9.22 Å². The highest BCUT2D eigenvalue weighted by atomic mass is 28.4. The quantitative estimate of drug-likeness (QED) is 0.500. The molecule has 0 radical (unpaired) electrons. The molecule has 148 valence electrons. The van der Waals surface area contributed by atoms with Crippen molar-refractivity contribution in [1.29, 1.82) is 0 Å². The molecular formula is C23H40O2Si. The van der Waals surface area contributed by atoms with Crippen LogP contribution in [0.15, 0.2) is 11.8 Å². The number of fused-ring (bicyclic) bond motifs is 3. The Morgan fingerprint density at radius 3 is 2.27 bits per heavy atom. The highest BCUT2D eigenvalue weighted by molar-refractivity contribution is 6.74. The first-order chi connectivity index (χ1) is 11.8. The Hall–Kier alpha value is -0.573. The third kappa shape index (κ3) is 3.02. The molecule has 0 bridgehead atoms. The van der Waals surface area contributed by atoms with Crippen LogP contribution < -0.4 is 0 Å². The van der Waals surface area contributed by atoms with Crippen LogP contribution in [0.25, 0.3) is 0 Å². The number of carbonyl (C=O) groups excluding carboxylic acids is 1. The first-order valence-electron chi connectivity index (χ1n) is 10.8. The minimum atomic E-state index is -2.02. The van der Waals surface area contributed by atoms with E-state index in [0.717, 1.165) is 11.8 Å². The van der Waals surface area contributed by atoms with Crippen LogP contribution in [0.5, 0.6) is 0 Å². The van der Waals surface area contributed by atoms with Gasteiger partial charge in [-0.2, -0.15) is 0 Å². The van der Waals surface area contributed by atoms with Gasteiger partial charge in [-0.05, 0) is 66.6 Å². The van der Waals surface area contributed by atoms with Gasteiger partial charge in [0.05, 0.1) is 0 Å². The molecule has 0 aromatic carbocycles. The van der Waals surface area contributed by atoms with E-state index in [-0.39, 0.29) is 21.7 Å². The van der Waals surface area contributed by atoms with Gasteiger partial charge in [-0.3, -0.25) is 4.79 Å². The van der Waals surface area contributed by atoms with Gasteiger partial charge in [0.2, 0.25) is 5.78 Å². The normalized spacial score (nSPS) is 37.5. The van der Waals surface area contributed by atoms with E-state index in [0.29, 0.717) is 11.7 Å². The largest absolute Gasteiger partial charge is 0.541 e. The average molecular weight is 377 g/mol. The molecule has 2 nitrogen and oxygen atoms in total. The smallest absolute Gasteiger partial charge is 0.250 e. The van der Waals surface area contributed by atoms with Crippen LogP contribution in [-0.2, 0) is 9.22 Å². The minimum Gasteiger partial charge on any atom is -0.541 e. The second kappa shape index (κ2) is 6.22. The lowest BCUT2D eigenvalue weighted by Crippen LogP contribution is -2.55. The summed E-state index contributed by atoms with van der Waals surface area (Å²) in [5.41, 5.74) is -0.206. The van der Waals surface area contributed by atoms with Gasteiger partial charge < -0.3 is 4.43 Å². The highest BCUT2D eigenvalue weighted by Crippen LogP contribution is 2.62. The predicted octanol–water partition coefficient (Wildman–Crippen LogP) is 6.72. The van der Waals surface area contributed by atoms with Gasteiger partial charge in [0.25, 0.3) is 8.32 Å². The van der Waals surface area contributed by atoms with Crippen molar-refractivity contribution in [1.82, 2.24) is 0 Å². The van der Waals surface area contributed by atoms with Crippen molar-refractivity contribution in [3.8, 4) is 0 Å². The second-order valence-corrected chi connectivity index (χ2v) is 16.3. The van der Waals surface area contributed by atoms with Crippen LogP contribution in [0.3, 0.4) is 0 Å². The SMILES string of the molecule is CC1(C)C(=O)C(O[Si](C)(C)C(C)(C)C)=C[C@]2(C)[C@H]3CCCC[C@@H]3CC[C@@H]12. The van der Waals surface area contributed by atoms with Gasteiger partial charge in [0, 0.05) is 5.41 Å². The van der Waals surface area contributed by atoms with Crippen molar-refractivity contribution >= 4 is 14.1 Å². The van der Waals surface area contributed by atoms with Crippen molar-refractivity contribution in [3.05, 3.63) is 11.8 Å². The Kier molecular flexibility index (Phi) is 4.82. The van der Waals surface area contributed by atoms with Gasteiger partial charge in [-0.15, -0.1) is 0 Å². The number of hydrogen-bond donors (Lipinski definition) is 0. The van der Waals surface area contributed by atoms with Crippen molar-refractivity contribution in [2.24, 2.45) is 28.6 Å². The van der Waals surface area contributed by atoms with E-state index in [2.05, 4.69) is 60.7 Å². The molecule has 3 rings (SSSR count). The summed E-state index contributed by atoms with van der Waals surface area (Å²) < 4.78 is 6.64. The van der Waals surface area contributed by atoms with E-state index >= 15 is 0 Å².